The van der Waals surface area contributed by atoms with Gasteiger partial charge in [-0.3, -0.25) is 14.7 Å². The topological polar surface area (TPSA) is 74.8 Å². The lowest BCUT2D eigenvalue weighted by Crippen LogP contribution is -2.13. The highest BCUT2D eigenvalue weighted by Crippen LogP contribution is 2.25. The zero-order valence-corrected chi connectivity index (χ0v) is 10.4. The minimum absolute atomic E-state index is 0.152. The van der Waals surface area contributed by atoms with Crippen molar-refractivity contribution in [1.29, 1.82) is 0 Å². The molecule has 0 saturated carbocycles. The highest BCUT2D eigenvalue weighted by molar-refractivity contribution is 6.40. The number of carbonyl (C=O) groups is 2. The minimum atomic E-state index is -0.505. The van der Waals surface area contributed by atoms with Crippen LogP contribution in [0.1, 0.15) is 20.8 Å². The van der Waals surface area contributed by atoms with Gasteiger partial charge in [-0.2, -0.15) is 5.10 Å². The molecule has 0 unspecified atom stereocenters. The van der Waals surface area contributed by atoms with Gasteiger partial charge in [0.25, 0.3) is 5.91 Å². The number of aldehydes is 1. The van der Waals surface area contributed by atoms with E-state index in [2.05, 4.69) is 15.5 Å². The molecule has 0 aliphatic carbocycles. The SMILES string of the molecule is O=Cc1[nH]ncc1NC(=O)c1c(Cl)cccc1Cl. The van der Waals surface area contributed by atoms with Crippen LogP contribution >= 0.6 is 23.2 Å². The summed E-state index contributed by atoms with van der Waals surface area (Å²) in [6.45, 7) is 0. The van der Waals surface area contributed by atoms with Crippen molar-refractivity contribution >= 4 is 41.1 Å². The lowest BCUT2D eigenvalue weighted by Gasteiger charge is -2.07. The fourth-order valence-corrected chi connectivity index (χ4v) is 1.95. The predicted octanol–water partition coefficient (Wildman–Crippen LogP) is 2.78. The molecule has 0 saturated heterocycles. The molecule has 1 aromatic carbocycles. The number of rotatable bonds is 3. The molecule has 0 fully saturated rings. The van der Waals surface area contributed by atoms with Gasteiger partial charge in [0.05, 0.1) is 27.5 Å². The van der Waals surface area contributed by atoms with Crippen LogP contribution < -0.4 is 5.32 Å². The zero-order valence-electron chi connectivity index (χ0n) is 8.91. The third-order valence-corrected chi connectivity index (χ3v) is 2.85. The van der Waals surface area contributed by atoms with E-state index in [-0.39, 0.29) is 27.0 Å². The van der Waals surface area contributed by atoms with Crippen molar-refractivity contribution in [2.75, 3.05) is 5.32 Å². The summed E-state index contributed by atoms with van der Waals surface area (Å²) in [7, 11) is 0. The molecule has 1 aromatic heterocycles. The fraction of sp³-hybridized carbons (Fsp3) is 0. The quantitative estimate of drug-likeness (QED) is 0.851. The van der Waals surface area contributed by atoms with Gasteiger partial charge in [-0.15, -0.1) is 0 Å². The third-order valence-electron chi connectivity index (χ3n) is 2.22. The molecule has 1 heterocycles. The van der Waals surface area contributed by atoms with E-state index in [1.807, 2.05) is 0 Å². The average molecular weight is 284 g/mol. The van der Waals surface area contributed by atoms with Crippen LogP contribution in [-0.4, -0.2) is 22.4 Å². The van der Waals surface area contributed by atoms with E-state index < -0.39 is 5.91 Å². The second kappa shape index (κ2) is 5.20. The summed E-state index contributed by atoms with van der Waals surface area (Å²) < 4.78 is 0. The molecule has 0 aliphatic heterocycles. The smallest absolute Gasteiger partial charge is 0.258 e. The van der Waals surface area contributed by atoms with E-state index in [1.165, 1.54) is 6.20 Å². The van der Waals surface area contributed by atoms with E-state index in [0.29, 0.717) is 6.29 Å². The van der Waals surface area contributed by atoms with Crippen LogP contribution in [0.5, 0.6) is 0 Å². The Morgan fingerprint density at radius 2 is 2.00 bits per heavy atom. The standard InChI is InChI=1S/C11H7Cl2N3O2/c12-6-2-1-3-7(13)10(6)11(18)15-8-4-14-16-9(8)5-17/h1-5H,(H,14,16)(H,15,18). The van der Waals surface area contributed by atoms with Crippen LogP contribution in [0.2, 0.25) is 10.0 Å². The molecule has 1 amide bonds. The van der Waals surface area contributed by atoms with E-state index in [0.717, 1.165) is 0 Å². The summed E-state index contributed by atoms with van der Waals surface area (Å²) in [6, 6.07) is 4.74. The first kappa shape index (κ1) is 12.6. The number of nitrogens with zero attached hydrogens (tertiary/aromatic N) is 1. The van der Waals surface area contributed by atoms with Crippen molar-refractivity contribution in [2.45, 2.75) is 0 Å². The number of carbonyl (C=O) groups excluding carboxylic acids is 2. The lowest BCUT2D eigenvalue weighted by molar-refractivity contribution is 0.102. The molecule has 0 atom stereocenters. The number of amides is 1. The number of hydrogen-bond donors (Lipinski definition) is 2. The number of aromatic amines is 1. The van der Waals surface area contributed by atoms with Gasteiger partial charge in [0, 0.05) is 0 Å². The van der Waals surface area contributed by atoms with Crippen molar-refractivity contribution in [3.8, 4) is 0 Å². The lowest BCUT2D eigenvalue weighted by atomic mass is 10.2. The first-order chi connectivity index (χ1) is 8.63. The van der Waals surface area contributed by atoms with Gasteiger partial charge >= 0.3 is 0 Å². The van der Waals surface area contributed by atoms with Crippen LogP contribution in [0.3, 0.4) is 0 Å². The summed E-state index contributed by atoms with van der Waals surface area (Å²) in [4.78, 5) is 22.6. The zero-order chi connectivity index (χ0) is 13.1. The molecule has 92 valence electrons. The van der Waals surface area contributed by atoms with Crippen LogP contribution in [0.15, 0.2) is 24.4 Å². The first-order valence-electron chi connectivity index (χ1n) is 4.87. The number of hydrogen-bond acceptors (Lipinski definition) is 3. The summed E-state index contributed by atoms with van der Waals surface area (Å²) in [5.74, 6) is -0.505. The molecule has 5 nitrogen and oxygen atoms in total. The van der Waals surface area contributed by atoms with Crippen molar-refractivity contribution in [3.63, 3.8) is 0 Å². The van der Waals surface area contributed by atoms with Gasteiger partial charge in [-0.25, -0.2) is 0 Å². The van der Waals surface area contributed by atoms with E-state index >= 15 is 0 Å². The van der Waals surface area contributed by atoms with Crippen LogP contribution in [-0.2, 0) is 0 Å². The maximum Gasteiger partial charge on any atom is 0.258 e. The Bertz CT molecular complexity index is 590. The molecule has 2 N–H and O–H groups in total. The van der Waals surface area contributed by atoms with Gasteiger partial charge in [0.1, 0.15) is 5.69 Å². The van der Waals surface area contributed by atoms with Crippen molar-refractivity contribution in [2.24, 2.45) is 0 Å². The Morgan fingerprint density at radius 1 is 1.33 bits per heavy atom. The normalized spacial score (nSPS) is 10.1. The Morgan fingerprint density at radius 3 is 2.61 bits per heavy atom. The summed E-state index contributed by atoms with van der Waals surface area (Å²) in [6.07, 6.45) is 1.88. The number of halogens is 2. The van der Waals surface area contributed by atoms with Crippen molar-refractivity contribution in [1.82, 2.24) is 10.2 Å². The highest BCUT2D eigenvalue weighted by Gasteiger charge is 2.16. The molecule has 7 heteroatoms. The molecule has 0 aliphatic rings. The molecular weight excluding hydrogens is 277 g/mol. The largest absolute Gasteiger partial charge is 0.319 e. The minimum Gasteiger partial charge on any atom is -0.319 e. The van der Waals surface area contributed by atoms with Crippen molar-refractivity contribution < 1.29 is 9.59 Å². The summed E-state index contributed by atoms with van der Waals surface area (Å²) in [5.41, 5.74) is 0.594. The molecular formula is C11H7Cl2N3O2. The second-order valence-electron chi connectivity index (χ2n) is 3.37. The number of nitrogens with one attached hydrogen (secondary N) is 2. The van der Waals surface area contributed by atoms with Crippen LogP contribution in [0.4, 0.5) is 5.69 Å². The Hall–Kier alpha value is -1.85. The van der Waals surface area contributed by atoms with E-state index in [1.54, 1.807) is 18.2 Å². The van der Waals surface area contributed by atoms with Gasteiger partial charge in [0.2, 0.25) is 0 Å². The molecule has 0 radical (unpaired) electrons. The molecule has 2 rings (SSSR count). The maximum absolute atomic E-state index is 12.0. The average Bonchev–Trinajstić information content (AvgIpc) is 2.76. The Balaban J connectivity index is 2.31. The number of benzene rings is 1. The highest BCUT2D eigenvalue weighted by atomic mass is 35.5. The van der Waals surface area contributed by atoms with Gasteiger partial charge in [-0.05, 0) is 12.1 Å². The Labute approximate surface area is 112 Å². The number of anilines is 1. The first-order valence-corrected chi connectivity index (χ1v) is 5.63. The van der Waals surface area contributed by atoms with Crippen LogP contribution in [0.25, 0.3) is 0 Å². The monoisotopic (exact) mass is 283 g/mol. The van der Waals surface area contributed by atoms with Crippen LogP contribution in [0, 0.1) is 0 Å². The maximum atomic E-state index is 12.0. The third kappa shape index (κ3) is 2.37. The molecule has 0 spiro atoms. The number of aromatic nitrogens is 2. The van der Waals surface area contributed by atoms with Crippen molar-refractivity contribution in [3.05, 3.63) is 45.7 Å². The molecule has 18 heavy (non-hydrogen) atoms. The predicted molar refractivity (Wildman–Crippen MR) is 68.4 cm³/mol. The summed E-state index contributed by atoms with van der Waals surface area (Å²) >= 11 is 11.8. The summed E-state index contributed by atoms with van der Waals surface area (Å²) in [5, 5.41) is 9.06. The number of H-pyrrole nitrogens is 1. The Kier molecular flexibility index (Phi) is 3.64. The second-order valence-corrected chi connectivity index (χ2v) is 4.18. The molecule has 0 bridgehead atoms. The van der Waals surface area contributed by atoms with Gasteiger partial charge < -0.3 is 5.32 Å². The van der Waals surface area contributed by atoms with Gasteiger partial charge in [0.15, 0.2) is 6.29 Å². The molecule has 2 aromatic rings. The van der Waals surface area contributed by atoms with E-state index in [9.17, 15) is 9.59 Å². The fourth-order valence-electron chi connectivity index (χ4n) is 1.39. The van der Waals surface area contributed by atoms with Gasteiger partial charge in [-0.1, -0.05) is 29.3 Å². The van der Waals surface area contributed by atoms with E-state index in [4.69, 9.17) is 23.2 Å².